The highest BCUT2D eigenvalue weighted by Gasteiger charge is 2.04. The zero-order chi connectivity index (χ0) is 11.3. The van der Waals surface area contributed by atoms with Crippen molar-refractivity contribution in [3.05, 3.63) is 17.5 Å². The molecule has 1 rings (SSSR count). The molecule has 5 nitrogen and oxygen atoms in total. The summed E-state index contributed by atoms with van der Waals surface area (Å²) < 4.78 is 1.81. The molecule has 0 aromatic carbocycles. The lowest BCUT2D eigenvalue weighted by atomic mass is 10.2. The average Bonchev–Trinajstić information content (AvgIpc) is 2.53. The van der Waals surface area contributed by atoms with E-state index in [0.29, 0.717) is 13.0 Å². The topological polar surface area (TPSA) is 72.9 Å². The van der Waals surface area contributed by atoms with Gasteiger partial charge in [-0.15, -0.1) is 0 Å². The Bertz CT molecular complexity index is 332. The molecule has 1 heterocycles. The highest BCUT2D eigenvalue weighted by molar-refractivity contribution is 5.73. The summed E-state index contributed by atoms with van der Waals surface area (Å²) in [5, 5.41) is 7.49. The minimum absolute atomic E-state index is 0.274. The zero-order valence-corrected chi connectivity index (χ0v) is 9.29. The molecule has 1 amide bonds. The Labute approximate surface area is 89.6 Å². The van der Waals surface area contributed by atoms with Gasteiger partial charge in [0.2, 0.25) is 5.91 Å². The summed E-state index contributed by atoms with van der Waals surface area (Å²) in [6.07, 6.45) is 3.30. The molecule has 0 spiro atoms. The molecule has 15 heavy (non-hydrogen) atoms. The Morgan fingerprint density at radius 1 is 1.67 bits per heavy atom. The van der Waals surface area contributed by atoms with E-state index in [1.165, 1.54) is 5.56 Å². The molecule has 0 aliphatic heterocycles. The Balaban J connectivity index is 2.39. The van der Waals surface area contributed by atoms with Gasteiger partial charge in [0.1, 0.15) is 0 Å². The number of primary amides is 1. The van der Waals surface area contributed by atoms with E-state index in [1.807, 2.05) is 17.9 Å². The van der Waals surface area contributed by atoms with E-state index >= 15 is 0 Å². The Hall–Kier alpha value is -1.36. The molecule has 0 fully saturated rings. The molecule has 0 unspecified atom stereocenters. The van der Waals surface area contributed by atoms with Gasteiger partial charge in [0.15, 0.2) is 0 Å². The number of aromatic nitrogens is 2. The first-order valence-electron chi connectivity index (χ1n) is 5.14. The normalized spacial score (nSPS) is 10.5. The van der Waals surface area contributed by atoms with Crippen LogP contribution in [-0.4, -0.2) is 22.2 Å². The van der Waals surface area contributed by atoms with Gasteiger partial charge in [-0.2, -0.15) is 5.10 Å². The van der Waals surface area contributed by atoms with Gasteiger partial charge in [0.05, 0.1) is 5.69 Å². The fourth-order valence-electron chi connectivity index (χ4n) is 1.46. The van der Waals surface area contributed by atoms with Crippen molar-refractivity contribution in [3.63, 3.8) is 0 Å². The Morgan fingerprint density at radius 3 is 3.00 bits per heavy atom. The summed E-state index contributed by atoms with van der Waals surface area (Å²) in [4.78, 5) is 10.5. The molecule has 0 radical (unpaired) electrons. The van der Waals surface area contributed by atoms with Gasteiger partial charge in [0.25, 0.3) is 0 Å². The summed E-state index contributed by atoms with van der Waals surface area (Å²) in [6.45, 7) is 3.44. The van der Waals surface area contributed by atoms with Crippen LogP contribution in [0.4, 0.5) is 0 Å². The second kappa shape index (κ2) is 5.50. The summed E-state index contributed by atoms with van der Waals surface area (Å²) in [5.74, 6) is -0.274. The number of amides is 1. The van der Waals surface area contributed by atoms with Gasteiger partial charge in [-0.05, 0) is 6.42 Å². The lowest BCUT2D eigenvalue weighted by Gasteiger charge is -2.02. The van der Waals surface area contributed by atoms with Crippen molar-refractivity contribution >= 4 is 5.91 Å². The molecule has 1 aromatic heterocycles. The molecule has 0 aliphatic carbocycles. The smallest absolute Gasteiger partial charge is 0.218 e. The van der Waals surface area contributed by atoms with Gasteiger partial charge in [-0.3, -0.25) is 9.48 Å². The van der Waals surface area contributed by atoms with Gasteiger partial charge in [-0.1, -0.05) is 6.92 Å². The number of carbonyl (C=O) groups excluding carboxylic acids is 1. The first-order valence-corrected chi connectivity index (χ1v) is 5.14. The summed E-state index contributed by atoms with van der Waals surface area (Å²) in [5.41, 5.74) is 7.32. The second-order valence-electron chi connectivity index (χ2n) is 3.52. The van der Waals surface area contributed by atoms with E-state index in [2.05, 4.69) is 17.3 Å². The molecule has 0 atom stereocenters. The van der Waals surface area contributed by atoms with Crippen molar-refractivity contribution in [1.29, 1.82) is 0 Å². The fourth-order valence-corrected chi connectivity index (χ4v) is 1.46. The lowest BCUT2D eigenvalue weighted by Crippen LogP contribution is -2.21. The van der Waals surface area contributed by atoms with Crippen molar-refractivity contribution in [2.24, 2.45) is 12.8 Å². The molecule has 5 heteroatoms. The van der Waals surface area contributed by atoms with Gasteiger partial charge in [-0.25, -0.2) is 0 Å². The van der Waals surface area contributed by atoms with Crippen LogP contribution in [0.1, 0.15) is 24.6 Å². The Kier molecular flexibility index (Phi) is 4.30. The van der Waals surface area contributed by atoms with Crippen LogP contribution in [0.3, 0.4) is 0 Å². The van der Waals surface area contributed by atoms with E-state index in [9.17, 15) is 4.79 Å². The second-order valence-corrected chi connectivity index (χ2v) is 3.52. The number of nitrogens with one attached hydrogen (secondary N) is 1. The van der Waals surface area contributed by atoms with E-state index < -0.39 is 0 Å². The molecular weight excluding hydrogens is 192 g/mol. The molecular formula is C10H18N4O. The summed E-state index contributed by atoms with van der Waals surface area (Å²) in [6, 6.07) is 0. The maximum atomic E-state index is 10.5. The first-order chi connectivity index (χ1) is 7.13. The molecule has 3 N–H and O–H groups in total. The van der Waals surface area contributed by atoms with Crippen LogP contribution in [0.15, 0.2) is 6.20 Å². The van der Waals surface area contributed by atoms with Crippen LogP contribution in [0, 0.1) is 0 Å². The van der Waals surface area contributed by atoms with Crippen LogP contribution in [-0.2, 0) is 24.8 Å². The lowest BCUT2D eigenvalue weighted by molar-refractivity contribution is -0.117. The highest BCUT2D eigenvalue weighted by atomic mass is 16.1. The van der Waals surface area contributed by atoms with Gasteiger partial charge in [0, 0.05) is 38.3 Å². The monoisotopic (exact) mass is 210 g/mol. The van der Waals surface area contributed by atoms with Crippen molar-refractivity contribution in [3.8, 4) is 0 Å². The third-order valence-electron chi connectivity index (χ3n) is 2.19. The summed E-state index contributed by atoms with van der Waals surface area (Å²) in [7, 11) is 1.91. The summed E-state index contributed by atoms with van der Waals surface area (Å²) >= 11 is 0. The van der Waals surface area contributed by atoms with E-state index in [0.717, 1.165) is 18.7 Å². The molecule has 0 bridgehead atoms. The SMILES string of the molecule is CCc1nn(C)cc1CNCCC(N)=O. The largest absolute Gasteiger partial charge is 0.370 e. The maximum absolute atomic E-state index is 10.5. The van der Waals surface area contributed by atoms with E-state index in [1.54, 1.807) is 0 Å². The molecule has 0 saturated carbocycles. The zero-order valence-electron chi connectivity index (χ0n) is 9.29. The predicted molar refractivity (Wildman–Crippen MR) is 58.1 cm³/mol. The number of carbonyl (C=O) groups is 1. The average molecular weight is 210 g/mol. The number of rotatable bonds is 6. The number of hydrogen-bond donors (Lipinski definition) is 2. The Morgan fingerprint density at radius 2 is 2.40 bits per heavy atom. The standard InChI is InChI=1S/C10H18N4O/c1-3-9-8(7-14(2)13-9)6-12-5-4-10(11)15/h7,12H,3-6H2,1-2H3,(H2,11,15). The molecule has 0 aliphatic rings. The minimum atomic E-state index is -0.274. The van der Waals surface area contributed by atoms with Crippen molar-refractivity contribution < 1.29 is 4.79 Å². The van der Waals surface area contributed by atoms with Gasteiger partial charge < -0.3 is 11.1 Å². The fraction of sp³-hybridized carbons (Fsp3) is 0.600. The molecule has 84 valence electrons. The van der Waals surface area contributed by atoms with Crippen molar-refractivity contribution in [2.45, 2.75) is 26.3 Å². The van der Waals surface area contributed by atoms with Crippen LogP contribution in [0.25, 0.3) is 0 Å². The van der Waals surface area contributed by atoms with E-state index in [4.69, 9.17) is 5.73 Å². The number of nitrogens with zero attached hydrogens (tertiary/aromatic N) is 2. The van der Waals surface area contributed by atoms with Crippen molar-refractivity contribution in [1.82, 2.24) is 15.1 Å². The molecule has 1 aromatic rings. The minimum Gasteiger partial charge on any atom is -0.370 e. The quantitative estimate of drug-likeness (QED) is 0.646. The number of nitrogens with two attached hydrogens (primary N) is 1. The van der Waals surface area contributed by atoms with Crippen LogP contribution in [0.5, 0.6) is 0 Å². The van der Waals surface area contributed by atoms with E-state index in [-0.39, 0.29) is 5.91 Å². The first kappa shape index (κ1) is 11.7. The number of aryl methyl sites for hydroxylation is 2. The molecule has 0 saturated heterocycles. The predicted octanol–water partition coefficient (Wildman–Crippen LogP) is -0.0525. The van der Waals surface area contributed by atoms with Crippen LogP contribution < -0.4 is 11.1 Å². The third kappa shape index (κ3) is 3.71. The number of hydrogen-bond acceptors (Lipinski definition) is 3. The van der Waals surface area contributed by atoms with Crippen LogP contribution in [0.2, 0.25) is 0 Å². The van der Waals surface area contributed by atoms with Crippen molar-refractivity contribution in [2.75, 3.05) is 6.54 Å². The third-order valence-corrected chi connectivity index (χ3v) is 2.19. The van der Waals surface area contributed by atoms with Gasteiger partial charge >= 0.3 is 0 Å². The van der Waals surface area contributed by atoms with Crippen LogP contribution >= 0.6 is 0 Å². The highest BCUT2D eigenvalue weighted by Crippen LogP contribution is 2.06. The maximum Gasteiger partial charge on any atom is 0.218 e.